The first-order chi connectivity index (χ1) is 8.66. The Morgan fingerprint density at radius 2 is 1.89 bits per heavy atom. The Hall–Kier alpha value is -0.650. The van der Waals surface area contributed by atoms with Crippen LogP contribution in [0.4, 0.5) is 0 Å². The number of hydrogen-bond acceptors (Lipinski definition) is 5. The molecule has 0 atom stereocenters. The highest BCUT2D eigenvalue weighted by Gasteiger charge is 2.32. The summed E-state index contributed by atoms with van der Waals surface area (Å²) < 4.78 is 15.3. The highest BCUT2D eigenvalue weighted by molar-refractivity contribution is 5.70. The molecule has 1 rings (SSSR count). The van der Waals surface area contributed by atoms with Gasteiger partial charge in [-0.25, -0.2) is 0 Å². The lowest BCUT2D eigenvalue weighted by Crippen LogP contribution is -2.39. The Kier molecular flexibility index (Phi) is 7.23. The summed E-state index contributed by atoms with van der Waals surface area (Å²) in [5.41, 5.74) is 5.79. The zero-order valence-corrected chi connectivity index (χ0v) is 11.3. The molecular formula is C13H25NO4. The Morgan fingerprint density at radius 3 is 2.56 bits per heavy atom. The van der Waals surface area contributed by atoms with Gasteiger partial charge < -0.3 is 19.9 Å². The molecule has 0 bridgehead atoms. The zero-order chi connectivity index (χ0) is 13.3. The van der Waals surface area contributed by atoms with E-state index in [-0.39, 0.29) is 11.5 Å². The first-order valence-electron chi connectivity index (χ1n) is 6.67. The van der Waals surface area contributed by atoms with E-state index in [9.17, 15) is 4.79 Å². The molecule has 106 valence electrons. The highest BCUT2D eigenvalue weighted by Crippen LogP contribution is 2.30. The number of carbonyl (C=O) groups is 1. The van der Waals surface area contributed by atoms with E-state index in [4.69, 9.17) is 19.9 Å². The number of methoxy groups -OCH3 is 1. The SMILES string of the molecule is COCCOCCCOC(=O)CC1(N)CCCC1. The van der Waals surface area contributed by atoms with Crippen LogP contribution in [0.15, 0.2) is 0 Å². The van der Waals surface area contributed by atoms with Crippen molar-refractivity contribution in [1.29, 1.82) is 0 Å². The van der Waals surface area contributed by atoms with E-state index in [0.29, 0.717) is 39.3 Å². The van der Waals surface area contributed by atoms with Crippen LogP contribution in [0.5, 0.6) is 0 Å². The van der Waals surface area contributed by atoms with Crippen LogP contribution in [0.25, 0.3) is 0 Å². The number of esters is 1. The van der Waals surface area contributed by atoms with Gasteiger partial charge in [-0.3, -0.25) is 4.79 Å². The summed E-state index contributed by atoms with van der Waals surface area (Å²) in [7, 11) is 1.64. The predicted octanol–water partition coefficient (Wildman–Crippen LogP) is 1.24. The third-order valence-corrected chi connectivity index (χ3v) is 3.22. The van der Waals surface area contributed by atoms with E-state index < -0.39 is 0 Å². The average molecular weight is 259 g/mol. The standard InChI is InChI=1S/C13H25NO4/c1-16-9-10-17-7-4-8-18-12(15)11-13(14)5-2-3-6-13/h2-11,14H2,1H3. The molecule has 1 aliphatic carbocycles. The summed E-state index contributed by atoms with van der Waals surface area (Å²) in [6, 6.07) is 0. The van der Waals surface area contributed by atoms with Gasteiger partial charge >= 0.3 is 5.97 Å². The molecule has 5 heteroatoms. The normalized spacial score (nSPS) is 17.9. The molecule has 0 aromatic heterocycles. The molecule has 0 unspecified atom stereocenters. The van der Waals surface area contributed by atoms with E-state index in [0.717, 1.165) is 25.7 Å². The molecule has 0 aliphatic heterocycles. The summed E-state index contributed by atoms with van der Waals surface area (Å²) in [4.78, 5) is 11.6. The molecule has 1 fully saturated rings. The van der Waals surface area contributed by atoms with Crippen molar-refractivity contribution in [3.05, 3.63) is 0 Å². The highest BCUT2D eigenvalue weighted by atomic mass is 16.5. The van der Waals surface area contributed by atoms with Crippen molar-refractivity contribution in [3.63, 3.8) is 0 Å². The number of ether oxygens (including phenoxy) is 3. The van der Waals surface area contributed by atoms with Gasteiger partial charge in [-0.1, -0.05) is 12.8 Å². The molecule has 0 spiro atoms. The van der Waals surface area contributed by atoms with Crippen molar-refractivity contribution in [3.8, 4) is 0 Å². The summed E-state index contributed by atoms with van der Waals surface area (Å²) in [6.07, 6.45) is 5.17. The maximum Gasteiger partial charge on any atom is 0.307 e. The molecule has 0 aromatic rings. The first kappa shape index (κ1) is 15.4. The van der Waals surface area contributed by atoms with Crippen molar-refractivity contribution in [2.24, 2.45) is 5.73 Å². The third-order valence-electron chi connectivity index (χ3n) is 3.22. The number of nitrogens with two attached hydrogens (primary N) is 1. The molecule has 2 N–H and O–H groups in total. The predicted molar refractivity (Wildman–Crippen MR) is 68.3 cm³/mol. The molecule has 18 heavy (non-hydrogen) atoms. The summed E-state index contributed by atoms with van der Waals surface area (Å²) in [5.74, 6) is -0.184. The zero-order valence-electron chi connectivity index (χ0n) is 11.3. The van der Waals surface area contributed by atoms with E-state index in [1.54, 1.807) is 7.11 Å². The first-order valence-corrected chi connectivity index (χ1v) is 6.67. The second-order valence-electron chi connectivity index (χ2n) is 4.93. The molecule has 0 amide bonds. The van der Waals surface area contributed by atoms with Gasteiger partial charge in [-0.15, -0.1) is 0 Å². The molecule has 0 aromatic carbocycles. The molecule has 1 saturated carbocycles. The van der Waals surface area contributed by atoms with Gasteiger partial charge in [-0.2, -0.15) is 0 Å². The third kappa shape index (κ3) is 6.33. The summed E-state index contributed by atoms with van der Waals surface area (Å²) in [6.45, 7) is 2.16. The van der Waals surface area contributed by atoms with Gasteiger partial charge in [0.2, 0.25) is 0 Å². The lowest BCUT2D eigenvalue weighted by atomic mass is 9.95. The van der Waals surface area contributed by atoms with E-state index >= 15 is 0 Å². The Balaban J connectivity index is 1.97. The van der Waals surface area contributed by atoms with Gasteiger partial charge in [0.25, 0.3) is 0 Å². The fraction of sp³-hybridized carbons (Fsp3) is 0.923. The van der Waals surface area contributed by atoms with Crippen LogP contribution in [0.2, 0.25) is 0 Å². The quantitative estimate of drug-likeness (QED) is 0.498. The molecular weight excluding hydrogens is 234 g/mol. The lowest BCUT2D eigenvalue weighted by Gasteiger charge is -2.21. The van der Waals surface area contributed by atoms with Crippen molar-refractivity contribution in [2.45, 2.75) is 44.1 Å². The minimum absolute atomic E-state index is 0.184. The Bertz CT molecular complexity index is 239. The van der Waals surface area contributed by atoms with E-state index in [1.165, 1.54) is 0 Å². The number of rotatable bonds is 9. The molecule has 0 radical (unpaired) electrons. The van der Waals surface area contributed by atoms with Crippen molar-refractivity contribution in [2.75, 3.05) is 33.5 Å². The molecule has 0 heterocycles. The minimum atomic E-state index is -0.313. The van der Waals surface area contributed by atoms with Crippen molar-refractivity contribution in [1.82, 2.24) is 0 Å². The number of carbonyl (C=O) groups excluding carboxylic acids is 1. The summed E-state index contributed by atoms with van der Waals surface area (Å²) >= 11 is 0. The second-order valence-corrected chi connectivity index (χ2v) is 4.93. The average Bonchev–Trinajstić information content (AvgIpc) is 2.74. The Morgan fingerprint density at radius 1 is 1.17 bits per heavy atom. The van der Waals surface area contributed by atoms with Gasteiger partial charge in [0.05, 0.1) is 26.2 Å². The Labute approximate surface area is 109 Å². The van der Waals surface area contributed by atoms with Crippen molar-refractivity contribution < 1.29 is 19.0 Å². The fourth-order valence-corrected chi connectivity index (χ4v) is 2.19. The largest absolute Gasteiger partial charge is 0.466 e. The fourth-order valence-electron chi connectivity index (χ4n) is 2.19. The summed E-state index contributed by atoms with van der Waals surface area (Å²) in [5, 5.41) is 0. The molecule has 0 saturated heterocycles. The maximum atomic E-state index is 11.6. The minimum Gasteiger partial charge on any atom is -0.466 e. The second kappa shape index (κ2) is 8.45. The number of hydrogen-bond donors (Lipinski definition) is 1. The lowest BCUT2D eigenvalue weighted by molar-refractivity contribution is -0.145. The van der Waals surface area contributed by atoms with Gasteiger partial charge in [0.15, 0.2) is 0 Å². The topological polar surface area (TPSA) is 70.8 Å². The molecule has 1 aliphatic rings. The van der Waals surface area contributed by atoms with Crippen LogP contribution in [0, 0.1) is 0 Å². The smallest absolute Gasteiger partial charge is 0.307 e. The van der Waals surface area contributed by atoms with Crippen LogP contribution in [0.1, 0.15) is 38.5 Å². The van der Waals surface area contributed by atoms with Gasteiger partial charge in [-0.05, 0) is 12.8 Å². The van der Waals surface area contributed by atoms with E-state index in [2.05, 4.69) is 0 Å². The van der Waals surface area contributed by atoms with Crippen LogP contribution in [-0.2, 0) is 19.0 Å². The molecule has 5 nitrogen and oxygen atoms in total. The van der Waals surface area contributed by atoms with Crippen LogP contribution in [0.3, 0.4) is 0 Å². The van der Waals surface area contributed by atoms with Crippen LogP contribution < -0.4 is 5.73 Å². The van der Waals surface area contributed by atoms with Crippen LogP contribution in [-0.4, -0.2) is 45.0 Å². The van der Waals surface area contributed by atoms with Crippen molar-refractivity contribution >= 4 is 5.97 Å². The van der Waals surface area contributed by atoms with Gasteiger partial charge in [0, 0.05) is 25.7 Å². The monoisotopic (exact) mass is 259 g/mol. The van der Waals surface area contributed by atoms with Gasteiger partial charge in [0.1, 0.15) is 0 Å². The van der Waals surface area contributed by atoms with E-state index in [1.807, 2.05) is 0 Å². The maximum absolute atomic E-state index is 11.6. The van der Waals surface area contributed by atoms with Crippen LogP contribution >= 0.6 is 0 Å².